The molecule has 0 aliphatic carbocycles. The second-order valence-corrected chi connectivity index (χ2v) is 6.86. The van der Waals surface area contributed by atoms with E-state index in [1.807, 2.05) is 13.8 Å². The van der Waals surface area contributed by atoms with Gasteiger partial charge in [-0.3, -0.25) is 0 Å². The minimum Gasteiger partial charge on any atom is -0.462 e. The molecule has 0 saturated carbocycles. The summed E-state index contributed by atoms with van der Waals surface area (Å²) in [6.07, 6.45) is 1.80. The first-order valence-electron chi connectivity index (χ1n) is 6.58. The van der Waals surface area contributed by atoms with Crippen molar-refractivity contribution in [2.45, 2.75) is 46.1 Å². The molecule has 1 unspecified atom stereocenters. The number of ether oxygens (including phenoxy) is 1. The summed E-state index contributed by atoms with van der Waals surface area (Å²) in [5.41, 5.74) is 0.868. The molecule has 0 radical (unpaired) electrons. The molecule has 1 atom stereocenters. The van der Waals surface area contributed by atoms with Crippen molar-refractivity contribution in [1.29, 1.82) is 0 Å². The SMILES string of the molecule is C=C(C)C(=O)OCCCC(C)[SiH](OCC)OCC. The first-order valence-corrected chi connectivity index (χ1v) is 8.19. The van der Waals surface area contributed by atoms with Crippen LogP contribution in [0.2, 0.25) is 5.54 Å². The largest absolute Gasteiger partial charge is 0.462 e. The van der Waals surface area contributed by atoms with Gasteiger partial charge < -0.3 is 13.6 Å². The van der Waals surface area contributed by atoms with Crippen molar-refractivity contribution >= 4 is 15.3 Å². The van der Waals surface area contributed by atoms with Crippen molar-refractivity contribution in [1.82, 2.24) is 0 Å². The maximum absolute atomic E-state index is 11.2. The Morgan fingerprint density at radius 3 is 2.28 bits per heavy atom. The van der Waals surface area contributed by atoms with Gasteiger partial charge in [-0.25, -0.2) is 4.79 Å². The molecular weight excluding hydrogens is 248 g/mol. The van der Waals surface area contributed by atoms with Crippen molar-refractivity contribution < 1.29 is 18.4 Å². The lowest BCUT2D eigenvalue weighted by Gasteiger charge is -2.21. The molecule has 0 aromatic rings. The minimum atomic E-state index is -1.57. The number of hydrogen-bond acceptors (Lipinski definition) is 4. The molecule has 106 valence electrons. The van der Waals surface area contributed by atoms with Crippen molar-refractivity contribution in [2.24, 2.45) is 0 Å². The van der Waals surface area contributed by atoms with E-state index in [2.05, 4.69) is 13.5 Å². The fourth-order valence-corrected chi connectivity index (χ4v) is 3.45. The smallest absolute Gasteiger partial charge is 0.333 e. The molecule has 0 spiro atoms. The highest BCUT2D eigenvalue weighted by molar-refractivity contribution is 6.46. The number of carbonyl (C=O) groups is 1. The zero-order valence-corrected chi connectivity index (χ0v) is 13.2. The van der Waals surface area contributed by atoms with Crippen molar-refractivity contribution in [3.63, 3.8) is 0 Å². The van der Waals surface area contributed by atoms with Crippen LogP contribution in [0.15, 0.2) is 12.2 Å². The predicted molar refractivity (Wildman–Crippen MR) is 74.8 cm³/mol. The molecule has 0 aromatic carbocycles. The van der Waals surface area contributed by atoms with E-state index in [9.17, 15) is 4.79 Å². The van der Waals surface area contributed by atoms with E-state index in [1.165, 1.54) is 0 Å². The van der Waals surface area contributed by atoms with Crippen molar-refractivity contribution in [3.05, 3.63) is 12.2 Å². The van der Waals surface area contributed by atoms with Crippen LogP contribution in [0, 0.1) is 0 Å². The third-order valence-electron chi connectivity index (χ3n) is 2.51. The van der Waals surface area contributed by atoms with Gasteiger partial charge in [0.1, 0.15) is 0 Å². The zero-order chi connectivity index (χ0) is 14.0. The number of hydrogen-bond donors (Lipinski definition) is 0. The highest BCUT2D eigenvalue weighted by Crippen LogP contribution is 2.18. The summed E-state index contributed by atoms with van der Waals surface area (Å²) in [6.45, 7) is 13.1. The Labute approximate surface area is 112 Å². The van der Waals surface area contributed by atoms with Crippen LogP contribution < -0.4 is 0 Å². The summed E-state index contributed by atoms with van der Waals surface area (Å²) in [7, 11) is -1.57. The summed E-state index contributed by atoms with van der Waals surface area (Å²) in [5.74, 6) is -0.314. The van der Waals surface area contributed by atoms with Crippen LogP contribution >= 0.6 is 0 Å². The van der Waals surface area contributed by atoms with Gasteiger partial charge in [0.05, 0.1) is 6.61 Å². The number of carbonyl (C=O) groups excluding carboxylic acids is 1. The lowest BCUT2D eigenvalue weighted by Crippen LogP contribution is -2.28. The van der Waals surface area contributed by atoms with E-state index in [0.29, 0.717) is 30.9 Å². The van der Waals surface area contributed by atoms with Gasteiger partial charge in [-0.1, -0.05) is 13.5 Å². The molecule has 0 fully saturated rings. The van der Waals surface area contributed by atoms with Gasteiger partial charge in [0, 0.05) is 18.8 Å². The van der Waals surface area contributed by atoms with E-state index in [4.69, 9.17) is 13.6 Å². The number of esters is 1. The summed E-state index contributed by atoms with van der Waals surface area (Å²) in [5, 5.41) is 0. The summed E-state index contributed by atoms with van der Waals surface area (Å²) in [4.78, 5) is 11.2. The molecule has 0 rings (SSSR count). The molecular formula is C13H26O4Si. The Morgan fingerprint density at radius 2 is 1.83 bits per heavy atom. The second kappa shape index (κ2) is 10.3. The molecule has 0 amide bonds. The van der Waals surface area contributed by atoms with Crippen molar-refractivity contribution in [3.8, 4) is 0 Å². The van der Waals surface area contributed by atoms with Crippen LogP contribution in [0.25, 0.3) is 0 Å². The molecule has 0 aliphatic heterocycles. The van der Waals surface area contributed by atoms with Crippen molar-refractivity contribution in [2.75, 3.05) is 19.8 Å². The highest BCUT2D eigenvalue weighted by atomic mass is 28.3. The molecule has 0 aliphatic rings. The van der Waals surface area contributed by atoms with E-state index < -0.39 is 9.28 Å². The van der Waals surface area contributed by atoms with Crippen LogP contribution in [0.4, 0.5) is 0 Å². The maximum atomic E-state index is 11.2. The lowest BCUT2D eigenvalue weighted by atomic mass is 10.2. The monoisotopic (exact) mass is 274 g/mol. The minimum absolute atomic E-state index is 0.314. The highest BCUT2D eigenvalue weighted by Gasteiger charge is 2.21. The standard InChI is InChI=1S/C13H26O4Si/c1-6-16-18(17-7-2)12(5)9-8-10-15-13(14)11(3)4/h12,18H,3,6-10H2,1-2,4-5H3. The van der Waals surface area contributed by atoms with Crippen LogP contribution in [-0.4, -0.2) is 35.1 Å². The molecule has 18 heavy (non-hydrogen) atoms. The van der Waals surface area contributed by atoms with E-state index in [1.54, 1.807) is 6.92 Å². The fraction of sp³-hybridized carbons (Fsp3) is 0.769. The Hall–Kier alpha value is -0.653. The van der Waals surface area contributed by atoms with Crippen LogP contribution in [0.1, 0.15) is 40.5 Å². The molecule has 0 bridgehead atoms. The molecule has 0 heterocycles. The van der Waals surface area contributed by atoms with Gasteiger partial charge in [0.2, 0.25) is 0 Å². The van der Waals surface area contributed by atoms with Crippen LogP contribution in [0.3, 0.4) is 0 Å². The average molecular weight is 274 g/mol. The normalized spacial score (nSPS) is 12.5. The van der Waals surface area contributed by atoms with Gasteiger partial charge in [-0.2, -0.15) is 0 Å². The fourth-order valence-electron chi connectivity index (χ4n) is 1.53. The Bertz CT molecular complexity index is 249. The molecule has 0 saturated heterocycles. The summed E-state index contributed by atoms with van der Waals surface area (Å²) in [6, 6.07) is 0. The van der Waals surface area contributed by atoms with Crippen LogP contribution in [0.5, 0.6) is 0 Å². The van der Waals surface area contributed by atoms with Gasteiger partial charge in [0.15, 0.2) is 0 Å². The topological polar surface area (TPSA) is 44.8 Å². The zero-order valence-electron chi connectivity index (χ0n) is 12.0. The van der Waals surface area contributed by atoms with E-state index in [0.717, 1.165) is 12.8 Å². The maximum Gasteiger partial charge on any atom is 0.333 e. The van der Waals surface area contributed by atoms with E-state index in [-0.39, 0.29) is 5.97 Å². The van der Waals surface area contributed by atoms with Gasteiger partial charge >= 0.3 is 15.3 Å². The van der Waals surface area contributed by atoms with Gasteiger partial charge in [-0.15, -0.1) is 0 Å². The first kappa shape index (κ1) is 17.3. The molecule has 4 nitrogen and oxygen atoms in total. The third kappa shape index (κ3) is 7.63. The Kier molecular flexibility index (Phi) is 9.91. The number of rotatable bonds is 10. The summed E-state index contributed by atoms with van der Waals surface area (Å²) < 4.78 is 16.4. The second-order valence-electron chi connectivity index (χ2n) is 4.31. The average Bonchev–Trinajstić information content (AvgIpc) is 2.33. The lowest BCUT2D eigenvalue weighted by molar-refractivity contribution is -0.139. The summed E-state index contributed by atoms with van der Waals surface area (Å²) >= 11 is 0. The Balaban J connectivity index is 3.82. The Morgan fingerprint density at radius 1 is 1.28 bits per heavy atom. The first-order chi connectivity index (χ1) is 8.52. The third-order valence-corrected chi connectivity index (χ3v) is 5.10. The quantitative estimate of drug-likeness (QED) is 0.266. The van der Waals surface area contributed by atoms with E-state index >= 15 is 0 Å². The molecule has 0 aromatic heterocycles. The molecule has 0 N–H and O–H groups in total. The van der Waals surface area contributed by atoms with Gasteiger partial charge in [-0.05, 0) is 39.2 Å². The predicted octanol–water partition coefficient (Wildman–Crippen LogP) is 2.57. The molecule has 5 heteroatoms. The van der Waals surface area contributed by atoms with Gasteiger partial charge in [0.25, 0.3) is 0 Å². The van der Waals surface area contributed by atoms with Crippen LogP contribution in [-0.2, 0) is 18.4 Å².